The normalized spacial score (nSPS) is 25.3. The minimum Gasteiger partial charge on any atom is -0.396 e. The first-order valence-corrected chi connectivity index (χ1v) is 8.08. The fraction of sp³-hybridized carbons (Fsp3) is 0.688. The lowest BCUT2D eigenvalue weighted by Crippen LogP contribution is -2.48. The molecule has 0 unspecified atom stereocenters. The van der Waals surface area contributed by atoms with Crippen molar-refractivity contribution in [2.75, 3.05) is 19.7 Å². The molecule has 6 nitrogen and oxygen atoms in total. The van der Waals surface area contributed by atoms with Crippen molar-refractivity contribution in [2.45, 2.75) is 44.9 Å². The molecule has 2 aliphatic rings. The number of H-pyrrole nitrogens is 1. The van der Waals surface area contributed by atoms with Gasteiger partial charge in [-0.1, -0.05) is 6.92 Å². The van der Waals surface area contributed by atoms with E-state index in [0.29, 0.717) is 24.8 Å². The minimum absolute atomic E-state index is 0.0719. The Morgan fingerprint density at radius 1 is 1.55 bits per heavy atom. The summed E-state index contributed by atoms with van der Waals surface area (Å²) in [5, 5.41) is 9.65. The van der Waals surface area contributed by atoms with Crippen LogP contribution in [0, 0.1) is 5.41 Å². The first-order valence-electron chi connectivity index (χ1n) is 8.08. The summed E-state index contributed by atoms with van der Waals surface area (Å²) in [6.45, 7) is 3.23. The van der Waals surface area contributed by atoms with Crippen LogP contribution in [0.3, 0.4) is 0 Å². The lowest BCUT2D eigenvalue weighted by molar-refractivity contribution is 0.0250. The van der Waals surface area contributed by atoms with Gasteiger partial charge in [-0.15, -0.1) is 0 Å². The number of aliphatic hydroxyl groups is 1. The highest BCUT2D eigenvalue weighted by Gasteiger charge is 2.36. The molecule has 1 aromatic rings. The largest absolute Gasteiger partial charge is 0.396 e. The van der Waals surface area contributed by atoms with Crippen molar-refractivity contribution in [2.24, 2.45) is 5.41 Å². The van der Waals surface area contributed by atoms with Crippen molar-refractivity contribution in [3.05, 3.63) is 27.9 Å². The van der Waals surface area contributed by atoms with Crippen molar-refractivity contribution in [1.82, 2.24) is 14.9 Å². The van der Waals surface area contributed by atoms with E-state index in [1.807, 2.05) is 6.92 Å². The van der Waals surface area contributed by atoms with E-state index in [2.05, 4.69) is 9.97 Å². The van der Waals surface area contributed by atoms with Crippen LogP contribution in [-0.2, 0) is 0 Å². The van der Waals surface area contributed by atoms with Crippen molar-refractivity contribution in [1.29, 1.82) is 0 Å². The fourth-order valence-corrected chi connectivity index (χ4v) is 3.21. The van der Waals surface area contributed by atoms with Crippen LogP contribution in [0.15, 0.2) is 11.0 Å². The number of amides is 1. The zero-order valence-corrected chi connectivity index (χ0v) is 13.0. The highest BCUT2D eigenvalue weighted by Crippen LogP contribution is 2.37. The second-order valence-corrected chi connectivity index (χ2v) is 6.63. The molecule has 1 amide bonds. The zero-order chi connectivity index (χ0) is 15.7. The molecule has 2 fully saturated rings. The summed E-state index contributed by atoms with van der Waals surface area (Å²) in [5.74, 6) is 0.773. The van der Waals surface area contributed by atoms with Crippen LogP contribution in [0.2, 0.25) is 0 Å². The standard InChI is InChI=1S/C16H23N3O3/c1-2-16(10-20)6-3-7-19(9-16)15(22)12-8-17-13(11-4-5-11)18-14(12)21/h8,11,20H,2-7,9-10H2,1H3,(H,17,18,21)/t16-/m1/s1. The Hall–Kier alpha value is -1.69. The number of hydrogen-bond donors (Lipinski definition) is 2. The molecular formula is C16H23N3O3. The Kier molecular flexibility index (Phi) is 4.04. The average Bonchev–Trinajstić information content (AvgIpc) is 3.39. The molecule has 22 heavy (non-hydrogen) atoms. The topological polar surface area (TPSA) is 86.3 Å². The SMILES string of the molecule is CC[C@@]1(CO)CCCN(C(=O)c2cnc(C3CC3)[nH]c2=O)C1. The first kappa shape index (κ1) is 15.2. The first-order chi connectivity index (χ1) is 10.6. The number of likely N-dealkylation sites (tertiary alicyclic amines) is 1. The van der Waals surface area contributed by atoms with Crippen molar-refractivity contribution in [3.8, 4) is 0 Å². The molecule has 1 saturated carbocycles. The van der Waals surface area contributed by atoms with Gasteiger partial charge in [-0.25, -0.2) is 4.98 Å². The lowest BCUT2D eigenvalue weighted by atomic mass is 9.78. The van der Waals surface area contributed by atoms with E-state index < -0.39 is 0 Å². The van der Waals surface area contributed by atoms with Crippen LogP contribution in [0.5, 0.6) is 0 Å². The highest BCUT2D eigenvalue weighted by molar-refractivity contribution is 5.93. The number of piperidine rings is 1. The summed E-state index contributed by atoms with van der Waals surface area (Å²) in [6, 6.07) is 0. The Labute approximate surface area is 129 Å². The minimum atomic E-state index is -0.349. The summed E-state index contributed by atoms with van der Waals surface area (Å²) >= 11 is 0. The number of aromatic nitrogens is 2. The predicted octanol–water partition coefficient (Wildman–Crippen LogP) is 1.27. The second kappa shape index (κ2) is 5.83. The molecule has 3 rings (SSSR count). The molecule has 1 saturated heterocycles. The Morgan fingerprint density at radius 3 is 2.91 bits per heavy atom. The average molecular weight is 305 g/mol. The van der Waals surface area contributed by atoms with E-state index in [1.54, 1.807) is 4.90 Å². The van der Waals surface area contributed by atoms with Crippen LogP contribution in [0.4, 0.5) is 0 Å². The molecule has 1 aromatic heterocycles. The Morgan fingerprint density at radius 2 is 2.32 bits per heavy atom. The summed E-state index contributed by atoms with van der Waals surface area (Å²) < 4.78 is 0. The van der Waals surface area contributed by atoms with Crippen LogP contribution in [0.25, 0.3) is 0 Å². The maximum atomic E-state index is 12.6. The number of aliphatic hydroxyl groups excluding tert-OH is 1. The van der Waals surface area contributed by atoms with Crippen molar-refractivity contribution < 1.29 is 9.90 Å². The van der Waals surface area contributed by atoms with Crippen LogP contribution in [-0.4, -0.2) is 45.6 Å². The molecule has 2 heterocycles. The number of carbonyl (C=O) groups excluding carboxylic acids is 1. The number of carbonyl (C=O) groups is 1. The number of rotatable bonds is 4. The molecule has 1 atom stereocenters. The van der Waals surface area contributed by atoms with Gasteiger partial charge in [-0.05, 0) is 32.1 Å². The summed E-state index contributed by atoms with van der Waals surface area (Å²) in [5.41, 5.74) is -0.477. The molecule has 6 heteroatoms. The number of nitrogens with one attached hydrogen (secondary N) is 1. The van der Waals surface area contributed by atoms with Crippen LogP contribution in [0.1, 0.15) is 61.1 Å². The van der Waals surface area contributed by atoms with Crippen LogP contribution >= 0.6 is 0 Å². The van der Waals surface area contributed by atoms with Gasteiger partial charge in [-0.3, -0.25) is 9.59 Å². The van der Waals surface area contributed by atoms with E-state index in [9.17, 15) is 14.7 Å². The quantitative estimate of drug-likeness (QED) is 0.877. The van der Waals surface area contributed by atoms with E-state index in [0.717, 1.165) is 32.1 Å². The maximum Gasteiger partial charge on any atom is 0.263 e. The molecule has 0 spiro atoms. The molecule has 0 aromatic carbocycles. The molecule has 1 aliphatic carbocycles. The molecule has 1 aliphatic heterocycles. The third-order valence-corrected chi connectivity index (χ3v) is 5.05. The number of nitrogens with zero attached hydrogens (tertiary/aromatic N) is 2. The van der Waals surface area contributed by atoms with Gasteiger partial charge in [0.25, 0.3) is 11.5 Å². The summed E-state index contributed by atoms with van der Waals surface area (Å²) in [4.78, 5) is 33.5. The Bertz CT molecular complexity index is 617. The summed E-state index contributed by atoms with van der Waals surface area (Å²) in [7, 11) is 0. The zero-order valence-electron chi connectivity index (χ0n) is 13.0. The van der Waals surface area contributed by atoms with Gasteiger partial charge in [0.15, 0.2) is 0 Å². The molecular weight excluding hydrogens is 282 g/mol. The highest BCUT2D eigenvalue weighted by atomic mass is 16.3. The van der Waals surface area contributed by atoms with Crippen LogP contribution < -0.4 is 5.56 Å². The van der Waals surface area contributed by atoms with Gasteiger partial charge in [0.1, 0.15) is 11.4 Å². The van der Waals surface area contributed by atoms with Gasteiger partial charge < -0.3 is 15.0 Å². The van der Waals surface area contributed by atoms with E-state index in [1.165, 1.54) is 6.20 Å². The summed E-state index contributed by atoms with van der Waals surface area (Å²) in [6.07, 6.45) is 6.11. The van der Waals surface area contributed by atoms with Gasteiger partial charge in [0.2, 0.25) is 0 Å². The van der Waals surface area contributed by atoms with Gasteiger partial charge >= 0.3 is 0 Å². The smallest absolute Gasteiger partial charge is 0.263 e. The number of aromatic amines is 1. The van der Waals surface area contributed by atoms with Crippen molar-refractivity contribution >= 4 is 5.91 Å². The van der Waals surface area contributed by atoms with Crippen molar-refractivity contribution in [3.63, 3.8) is 0 Å². The number of hydrogen-bond acceptors (Lipinski definition) is 4. The van der Waals surface area contributed by atoms with E-state index >= 15 is 0 Å². The molecule has 0 radical (unpaired) electrons. The van der Waals surface area contributed by atoms with Gasteiger partial charge in [0.05, 0.1) is 6.61 Å². The third kappa shape index (κ3) is 2.79. The molecule has 2 N–H and O–H groups in total. The molecule has 0 bridgehead atoms. The van der Waals surface area contributed by atoms with Gasteiger partial charge in [0, 0.05) is 30.6 Å². The lowest BCUT2D eigenvalue weighted by Gasteiger charge is -2.41. The Balaban J connectivity index is 1.80. The monoisotopic (exact) mass is 305 g/mol. The maximum absolute atomic E-state index is 12.6. The second-order valence-electron chi connectivity index (χ2n) is 6.63. The third-order valence-electron chi connectivity index (χ3n) is 5.05. The van der Waals surface area contributed by atoms with Gasteiger partial charge in [-0.2, -0.15) is 0 Å². The van der Waals surface area contributed by atoms with E-state index in [4.69, 9.17) is 0 Å². The molecule has 120 valence electrons. The fourth-order valence-electron chi connectivity index (χ4n) is 3.21. The van der Waals surface area contributed by atoms with E-state index in [-0.39, 0.29) is 29.1 Å². The predicted molar refractivity (Wildman–Crippen MR) is 81.8 cm³/mol.